The van der Waals surface area contributed by atoms with Crippen molar-refractivity contribution in [1.82, 2.24) is 14.4 Å². The van der Waals surface area contributed by atoms with E-state index in [1.165, 1.54) is 12.1 Å². The fourth-order valence-corrected chi connectivity index (χ4v) is 3.12. The number of nitrogens with zero attached hydrogens (tertiary/aromatic N) is 3. The van der Waals surface area contributed by atoms with E-state index in [4.69, 9.17) is 10.5 Å². The Hall–Kier alpha value is -3.94. The molecule has 0 unspecified atom stereocenters. The summed E-state index contributed by atoms with van der Waals surface area (Å²) in [6, 6.07) is 11.8. The van der Waals surface area contributed by atoms with Crippen LogP contribution in [0.4, 0.5) is 15.9 Å². The number of hydrogen-bond donors (Lipinski definition) is 2. The van der Waals surface area contributed by atoms with Gasteiger partial charge in [-0.1, -0.05) is 6.07 Å². The molecule has 2 aromatic heterocycles. The average Bonchev–Trinajstić information content (AvgIpc) is 3.19. The van der Waals surface area contributed by atoms with Crippen molar-refractivity contribution in [2.24, 2.45) is 5.73 Å². The average molecular weight is 405 g/mol. The van der Waals surface area contributed by atoms with Crippen molar-refractivity contribution in [3.8, 4) is 17.0 Å². The Morgan fingerprint density at radius 1 is 1.17 bits per heavy atom. The smallest absolute Gasteiger partial charge is 0.251 e. The predicted octanol–water partition coefficient (Wildman–Crippen LogP) is 4.17. The SMILES string of the molecule is CC(C)Oc1ccc(Nc2ncc(-c3ccc(C(N)=O)c(F)c3)n3ccnc23)cc1. The Morgan fingerprint density at radius 3 is 2.60 bits per heavy atom. The Morgan fingerprint density at radius 2 is 1.93 bits per heavy atom. The number of fused-ring (bicyclic) bond motifs is 1. The van der Waals surface area contributed by atoms with Gasteiger partial charge in [-0.2, -0.15) is 0 Å². The standard InChI is InChI=1S/C22H20FN5O2/c1-13(2)30-16-6-4-15(5-7-16)27-21-22-25-9-10-28(22)19(12-26-21)14-3-8-17(20(24)29)18(23)11-14/h3-13H,1-2H3,(H2,24,29)(H,26,27). The van der Waals surface area contributed by atoms with Crippen LogP contribution in [-0.4, -0.2) is 26.4 Å². The maximum absolute atomic E-state index is 14.2. The maximum Gasteiger partial charge on any atom is 0.251 e. The number of nitrogens with two attached hydrogens (primary N) is 1. The molecule has 152 valence electrons. The zero-order valence-electron chi connectivity index (χ0n) is 16.5. The number of carbonyl (C=O) groups excluding carboxylic acids is 1. The summed E-state index contributed by atoms with van der Waals surface area (Å²) in [5.41, 5.74) is 7.61. The molecule has 0 aliphatic carbocycles. The Labute approximate surface area is 172 Å². The van der Waals surface area contributed by atoms with Gasteiger partial charge >= 0.3 is 0 Å². The minimum atomic E-state index is -0.811. The second-order valence-corrected chi connectivity index (χ2v) is 6.99. The highest BCUT2D eigenvalue weighted by atomic mass is 19.1. The maximum atomic E-state index is 14.2. The van der Waals surface area contributed by atoms with E-state index < -0.39 is 11.7 Å². The van der Waals surface area contributed by atoms with Crippen molar-refractivity contribution < 1.29 is 13.9 Å². The minimum Gasteiger partial charge on any atom is -0.491 e. The molecule has 0 atom stereocenters. The van der Waals surface area contributed by atoms with Gasteiger partial charge in [0.15, 0.2) is 11.5 Å². The van der Waals surface area contributed by atoms with Crippen molar-refractivity contribution in [2.45, 2.75) is 20.0 Å². The molecule has 4 rings (SSSR count). The lowest BCUT2D eigenvalue weighted by Crippen LogP contribution is -2.13. The van der Waals surface area contributed by atoms with Gasteiger partial charge in [0, 0.05) is 23.6 Å². The van der Waals surface area contributed by atoms with Gasteiger partial charge in [0.25, 0.3) is 5.91 Å². The first kappa shape index (κ1) is 19.4. The molecule has 0 spiro atoms. The van der Waals surface area contributed by atoms with Crippen molar-refractivity contribution in [3.05, 3.63) is 72.4 Å². The molecule has 0 bridgehead atoms. The number of nitrogens with one attached hydrogen (secondary N) is 1. The molecule has 0 aliphatic heterocycles. The molecule has 4 aromatic rings. The molecular weight excluding hydrogens is 385 g/mol. The number of benzene rings is 2. The van der Waals surface area contributed by atoms with Gasteiger partial charge < -0.3 is 15.8 Å². The Kier molecular flexibility index (Phi) is 5.05. The topological polar surface area (TPSA) is 94.5 Å². The number of rotatable bonds is 6. The summed E-state index contributed by atoms with van der Waals surface area (Å²) in [6.45, 7) is 3.94. The fourth-order valence-electron chi connectivity index (χ4n) is 3.12. The van der Waals surface area contributed by atoms with Crippen LogP contribution in [0, 0.1) is 5.82 Å². The third kappa shape index (κ3) is 3.80. The lowest BCUT2D eigenvalue weighted by Gasteiger charge is -2.12. The summed E-state index contributed by atoms with van der Waals surface area (Å²) in [6.07, 6.45) is 5.12. The second-order valence-electron chi connectivity index (χ2n) is 6.99. The van der Waals surface area contributed by atoms with Crippen molar-refractivity contribution >= 4 is 23.1 Å². The molecule has 0 saturated heterocycles. The summed E-state index contributed by atoms with van der Waals surface area (Å²) >= 11 is 0. The quantitative estimate of drug-likeness (QED) is 0.502. The van der Waals surface area contributed by atoms with Crippen LogP contribution in [0.25, 0.3) is 16.9 Å². The van der Waals surface area contributed by atoms with E-state index in [1.807, 2.05) is 38.1 Å². The number of halogens is 1. The second kappa shape index (κ2) is 7.82. The normalized spacial score (nSPS) is 11.1. The molecular formula is C22H20FN5O2. The van der Waals surface area contributed by atoms with Crippen LogP contribution in [0.2, 0.25) is 0 Å². The monoisotopic (exact) mass is 405 g/mol. The lowest BCUT2D eigenvalue weighted by atomic mass is 10.1. The van der Waals surface area contributed by atoms with Crippen LogP contribution in [-0.2, 0) is 0 Å². The summed E-state index contributed by atoms with van der Waals surface area (Å²) in [5.74, 6) is -0.157. The van der Waals surface area contributed by atoms with E-state index in [1.54, 1.807) is 29.1 Å². The number of ether oxygens (including phenoxy) is 1. The number of aromatic nitrogens is 3. The van der Waals surface area contributed by atoms with Gasteiger partial charge in [0.2, 0.25) is 0 Å². The molecule has 0 aliphatic rings. The molecule has 8 heteroatoms. The van der Waals surface area contributed by atoms with Crippen molar-refractivity contribution in [1.29, 1.82) is 0 Å². The molecule has 7 nitrogen and oxygen atoms in total. The lowest BCUT2D eigenvalue weighted by molar-refractivity contribution is 0.0996. The van der Waals surface area contributed by atoms with Gasteiger partial charge in [-0.05, 0) is 50.2 Å². The summed E-state index contributed by atoms with van der Waals surface area (Å²) in [4.78, 5) is 20.1. The van der Waals surface area contributed by atoms with E-state index in [-0.39, 0.29) is 11.7 Å². The summed E-state index contributed by atoms with van der Waals surface area (Å²) in [5, 5.41) is 3.24. The number of imidazole rings is 1. The van der Waals surface area contributed by atoms with E-state index in [9.17, 15) is 9.18 Å². The fraction of sp³-hybridized carbons (Fsp3) is 0.136. The highest BCUT2D eigenvalue weighted by Gasteiger charge is 2.14. The van der Waals surface area contributed by atoms with Gasteiger partial charge in [-0.3, -0.25) is 9.20 Å². The number of hydrogen-bond acceptors (Lipinski definition) is 5. The Balaban J connectivity index is 1.66. The van der Waals surface area contributed by atoms with Crippen LogP contribution in [0.5, 0.6) is 5.75 Å². The third-order valence-corrected chi connectivity index (χ3v) is 4.45. The molecule has 30 heavy (non-hydrogen) atoms. The summed E-state index contributed by atoms with van der Waals surface area (Å²) < 4.78 is 21.7. The third-order valence-electron chi connectivity index (χ3n) is 4.45. The van der Waals surface area contributed by atoms with Crippen LogP contribution in [0.15, 0.2) is 61.1 Å². The minimum absolute atomic E-state index is 0.101. The first-order valence-electron chi connectivity index (χ1n) is 9.38. The highest BCUT2D eigenvalue weighted by Crippen LogP contribution is 2.27. The zero-order chi connectivity index (χ0) is 21.3. The largest absolute Gasteiger partial charge is 0.491 e. The van der Waals surface area contributed by atoms with Crippen LogP contribution in [0.1, 0.15) is 24.2 Å². The van der Waals surface area contributed by atoms with Crippen molar-refractivity contribution in [2.75, 3.05) is 5.32 Å². The number of anilines is 2. The number of amides is 1. The molecule has 2 aromatic carbocycles. The number of primary amides is 1. The highest BCUT2D eigenvalue weighted by molar-refractivity contribution is 5.93. The van der Waals surface area contributed by atoms with Crippen LogP contribution < -0.4 is 15.8 Å². The van der Waals surface area contributed by atoms with E-state index in [0.29, 0.717) is 22.7 Å². The predicted molar refractivity (Wildman–Crippen MR) is 112 cm³/mol. The molecule has 1 amide bonds. The van der Waals surface area contributed by atoms with Gasteiger partial charge in [0.05, 0.1) is 23.6 Å². The van der Waals surface area contributed by atoms with E-state index in [2.05, 4.69) is 15.3 Å². The zero-order valence-corrected chi connectivity index (χ0v) is 16.5. The molecule has 0 saturated carbocycles. The number of carbonyl (C=O) groups is 1. The van der Waals surface area contributed by atoms with Crippen LogP contribution in [0.3, 0.4) is 0 Å². The molecule has 0 radical (unpaired) electrons. The van der Waals surface area contributed by atoms with E-state index in [0.717, 1.165) is 11.4 Å². The van der Waals surface area contributed by atoms with Crippen molar-refractivity contribution in [3.63, 3.8) is 0 Å². The molecule has 0 fully saturated rings. The molecule has 2 heterocycles. The van der Waals surface area contributed by atoms with Crippen LogP contribution >= 0.6 is 0 Å². The first-order chi connectivity index (χ1) is 14.4. The van der Waals surface area contributed by atoms with E-state index >= 15 is 0 Å². The van der Waals surface area contributed by atoms with Gasteiger partial charge in [-0.15, -0.1) is 0 Å². The molecule has 3 N–H and O–H groups in total. The Bertz CT molecular complexity index is 1220. The van der Waals surface area contributed by atoms with Gasteiger partial charge in [0.1, 0.15) is 11.6 Å². The van der Waals surface area contributed by atoms with Gasteiger partial charge in [-0.25, -0.2) is 14.4 Å². The first-order valence-corrected chi connectivity index (χ1v) is 9.38. The summed E-state index contributed by atoms with van der Waals surface area (Å²) in [7, 11) is 0.